The van der Waals surface area contributed by atoms with E-state index in [0.29, 0.717) is 27.6 Å². The molecule has 2 aromatic rings. The van der Waals surface area contributed by atoms with Gasteiger partial charge in [-0.25, -0.2) is 0 Å². The molecule has 0 saturated heterocycles. The summed E-state index contributed by atoms with van der Waals surface area (Å²) in [6, 6.07) is 11.9. The second kappa shape index (κ2) is 10.1. The maximum Gasteiger partial charge on any atom is 0.257 e. The summed E-state index contributed by atoms with van der Waals surface area (Å²) in [6.45, 7) is 9.94. The van der Waals surface area contributed by atoms with Crippen LogP contribution >= 0.6 is 11.6 Å². The number of fused-ring (bicyclic) bond motifs is 2. The number of amides is 2. The van der Waals surface area contributed by atoms with Crippen molar-refractivity contribution in [2.45, 2.75) is 33.2 Å². The molecule has 0 aromatic heterocycles. The molecular weight excluding hydrogens is 400 g/mol. The summed E-state index contributed by atoms with van der Waals surface area (Å²) in [5.74, 6) is -0.380. The Morgan fingerprint density at radius 3 is 2.63 bits per heavy atom. The fourth-order valence-corrected chi connectivity index (χ4v) is 3.83. The van der Waals surface area contributed by atoms with E-state index in [2.05, 4.69) is 29.4 Å². The van der Waals surface area contributed by atoms with Gasteiger partial charge < -0.3 is 15.5 Å². The Morgan fingerprint density at radius 1 is 1.17 bits per heavy atom. The third-order valence-corrected chi connectivity index (χ3v) is 5.66. The van der Waals surface area contributed by atoms with E-state index in [1.807, 2.05) is 13.0 Å². The van der Waals surface area contributed by atoms with Crippen LogP contribution in [0.3, 0.4) is 0 Å². The van der Waals surface area contributed by atoms with Gasteiger partial charge in [-0.2, -0.15) is 0 Å². The normalized spacial score (nSPS) is 14.0. The minimum Gasteiger partial charge on any atom is -0.320 e. The highest BCUT2D eigenvalue weighted by Crippen LogP contribution is 2.39. The number of nitrogens with one attached hydrogen (secondary N) is 2. The van der Waals surface area contributed by atoms with Gasteiger partial charge in [0, 0.05) is 5.02 Å². The molecule has 2 amide bonds. The first-order chi connectivity index (χ1) is 14.5. The predicted octanol–water partition coefficient (Wildman–Crippen LogP) is 4.28. The monoisotopic (exact) mass is 428 g/mol. The number of halogens is 1. The number of rotatable bonds is 8. The molecule has 2 N–H and O–H groups in total. The van der Waals surface area contributed by atoms with Crippen molar-refractivity contribution in [3.63, 3.8) is 0 Å². The van der Waals surface area contributed by atoms with Crippen molar-refractivity contribution in [3.05, 3.63) is 53.1 Å². The summed E-state index contributed by atoms with van der Waals surface area (Å²) in [7, 11) is 0. The Labute approximate surface area is 183 Å². The summed E-state index contributed by atoms with van der Waals surface area (Å²) >= 11 is 6.14. The van der Waals surface area contributed by atoms with Gasteiger partial charge in [0.1, 0.15) is 0 Å². The molecule has 0 spiro atoms. The average molecular weight is 429 g/mol. The molecule has 2 aromatic carbocycles. The van der Waals surface area contributed by atoms with Crippen LogP contribution in [0.15, 0.2) is 42.5 Å². The van der Waals surface area contributed by atoms with Crippen LogP contribution in [0.4, 0.5) is 17.1 Å². The van der Waals surface area contributed by atoms with E-state index in [1.165, 1.54) is 0 Å². The molecule has 6 nitrogen and oxygen atoms in total. The molecule has 0 fully saturated rings. The molecular formula is C23H29ClN4O2. The number of anilines is 3. The van der Waals surface area contributed by atoms with Crippen LogP contribution in [0.25, 0.3) is 0 Å². The van der Waals surface area contributed by atoms with E-state index < -0.39 is 6.04 Å². The molecule has 1 aliphatic rings. The number of hydrogen-bond acceptors (Lipinski definition) is 4. The number of hydrogen-bond donors (Lipinski definition) is 2. The van der Waals surface area contributed by atoms with Gasteiger partial charge in [-0.15, -0.1) is 0 Å². The van der Waals surface area contributed by atoms with Crippen molar-refractivity contribution in [3.8, 4) is 0 Å². The summed E-state index contributed by atoms with van der Waals surface area (Å²) in [6.07, 6.45) is 0.960. The molecule has 0 saturated carbocycles. The zero-order chi connectivity index (χ0) is 21.7. The van der Waals surface area contributed by atoms with Crippen LogP contribution in [-0.2, 0) is 4.79 Å². The largest absolute Gasteiger partial charge is 0.320 e. The van der Waals surface area contributed by atoms with Gasteiger partial charge in [0.15, 0.2) is 0 Å². The summed E-state index contributed by atoms with van der Waals surface area (Å²) in [5.41, 5.74) is 2.15. The zero-order valence-electron chi connectivity index (χ0n) is 17.7. The maximum absolute atomic E-state index is 13.5. The lowest BCUT2D eigenvalue weighted by atomic mass is 10.1. The van der Waals surface area contributed by atoms with E-state index in [4.69, 9.17) is 11.6 Å². The first-order valence-electron chi connectivity index (χ1n) is 10.5. The zero-order valence-corrected chi connectivity index (χ0v) is 18.5. The molecule has 1 aliphatic heterocycles. The van der Waals surface area contributed by atoms with Gasteiger partial charge >= 0.3 is 0 Å². The Hall–Kier alpha value is -2.41. The van der Waals surface area contributed by atoms with Crippen LogP contribution in [0, 0.1) is 0 Å². The Balaban J connectivity index is 1.84. The fraction of sp³-hybridized carbons (Fsp3) is 0.391. The molecule has 0 aliphatic carbocycles. The average Bonchev–Trinajstić information content (AvgIpc) is 2.87. The van der Waals surface area contributed by atoms with Crippen molar-refractivity contribution >= 4 is 40.5 Å². The van der Waals surface area contributed by atoms with Crippen molar-refractivity contribution in [2.75, 3.05) is 36.4 Å². The van der Waals surface area contributed by atoms with E-state index in [9.17, 15) is 9.59 Å². The predicted molar refractivity (Wildman–Crippen MR) is 123 cm³/mol. The number of para-hydroxylation sites is 1. The highest BCUT2D eigenvalue weighted by Gasteiger charge is 2.31. The topological polar surface area (TPSA) is 64.7 Å². The molecule has 160 valence electrons. The van der Waals surface area contributed by atoms with Gasteiger partial charge in [0.2, 0.25) is 5.91 Å². The third-order valence-electron chi connectivity index (χ3n) is 5.42. The molecule has 3 rings (SSSR count). The van der Waals surface area contributed by atoms with Crippen LogP contribution in [0.5, 0.6) is 0 Å². The number of carbonyl (C=O) groups excluding carboxylic acids is 2. The highest BCUT2D eigenvalue weighted by molar-refractivity contribution is 6.31. The molecule has 30 heavy (non-hydrogen) atoms. The molecule has 1 atom stereocenters. The summed E-state index contributed by atoms with van der Waals surface area (Å²) in [5, 5.41) is 6.71. The molecule has 1 heterocycles. The number of nitrogens with zero attached hydrogens (tertiary/aromatic N) is 2. The van der Waals surface area contributed by atoms with Crippen molar-refractivity contribution in [2.24, 2.45) is 0 Å². The van der Waals surface area contributed by atoms with Gasteiger partial charge in [0.25, 0.3) is 5.91 Å². The molecule has 0 bridgehead atoms. The van der Waals surface area contributed by atoms with Crippen molar-refractivity contribution < 1.29 is 9.59 Å². The van der Waals surface area contributed by atoms with Crippen LogP contribution in [0.2, 0.25) is 5.02 Å². The fourth-order valence-electron chi connectivity index (χ4n) is 3.66. The van der Waals surface area contributed by atoms with E-state index in [0.717, 1.165) is 32.6 Å². The third kappa shape index (κ3) is 4.83. The second-order valence-electron chi connectivity index (χ2n) is 7.36. The van der Waals surface area contributed by atoms with E-state index in [-0.39, 0.29) is 11.8 Å². The van der Waals surface area contributed by atoms with E-state index >= 15 is 0 Å². The first kappa shape index (κ1) is 22.3. The number of carbonyl (C=O) groups is 2. The molecule has 0 unspecified atom stereocenters. The van der Waals surface area contributed by atoms with Gasteiger partial charge in [-0.3, -0.25) is 14.5 Å². The Morgan fingerprint density at radius 2 is 1.90 bits per heavy atom. The molecule has 0 radical (unpaired) electrons. The Kier molecular flexibility index (Phi) is 7.48. The smallest absolute Gasteiger partial charge is 0.257 e. The second-order valence-corrected chi connectivity index (χ2v) is 7.80. The minimum atomic E-state index is -0.411. The van der Waals surface area contributed by atoms with Crippen molar-refractivity contribution in [1.29, 1.82) is 0 Å². The SMILES string of the molecule is CCN(CC)CCCN[C@H](C)C(=O)N1c2ccc(Cl)cc2NC(=O)c2ccccc21. The summed E-state index contributed by atoms with van der Waals surface area (Å²) in [4.78, 5) is 30.2. The Bertz CT molecular complexity index is 914. The van der Waals surface area contributed by atoms with Crippen molar-refractivity contribution in [1.82, 2.24) is 10.2 Å². The minimum absolute atomic E-state index is 0.120. The van der Waals surface area contributed by atoms with Crippen LogP contribution in [-0.4, -0.2) is 48.9 Å². The maximum atomic E-state index is 13.5. The first-order valence-corrected chi connectivity index (χ1v) is 10.8. The standard InChI is InChI=1S/C23H29ClN4O2/c1-4-27(5-2)14-8-13-25-16(3)23(30)28-20-10-7-6-9-18(20)22(29)26-19-15-17(24)11-12-21(19)28/h6-7,9-12,15-16,25H,4-5,8,13-14H2,1-3H3,(H,26,29)/t16-/m1/s1. The van der Waals surface area contributed by atoms with Gasteiger partial charge in [-0.1, -0.05) is 37.6 Å². The summed E-state index contributed by atoms with van der Waals surface area (Å²) < 4.78 is 0. The number of benzene rings is 2. The molecule has 7 heteroatoms. The van der Waals surface area contributed by atoms with Crippen LogP contribution < -0.4 is 15.5 Å². The lowest BCUT2D eigenvalue weighted by molar-refractivity contribution is -0.119. The van der Waals surface area contributed by atoms with Gasteiger partial charge in [-0.05, 0) is 69.9 Å². The quantitative estimate of drug-likeness (QED) is 0.616. The van der Waals surface area contributed by atoms with Gasteiger partial charge in [0.05, 0.1) is 28.7 Å². The lowest BCUT2D eigenvalue weighted by Gasteiger charge is -2.27. The van der Waals surface area contributed by atoms with Crippen LogP contribution in [0.1, 0.15) is 37.6 Å². The van der Waals surface area contributed by atoms with E-state index in [1.54, 1.807) is 41.3 Å². The lowest BCUT2D eigenvalue weighted by Crippen LogP contribution is -2.44. The highest BCUT2D eigenvalue weighted by atomic mass is 35.5.